The molecule has 140 valence electrons. The summed E-state index contributed by atoms with van der Waals surface area (Å²) in [6, 6.07) is 3.34. The molecule has 0 amide bonds. The molecule has 4 N–H and O–H groups in total. The molecule has 2 fully saturated rings. The van der Waals surface area contributed by atoms with Gasteiger partial charge in [0, 0.05) is 36.8 Å². The number of halogens is 1. The Bertz CT molecular complexity index is 992. The molecule has 8 heteroatoms. The minimum atomic E-state index is -0.993. The number of alkyl halides is 1. The zero-order valence-electron chi connectivity index (χ0n) is 15.0. The summed E-state index contributed by atoms with van der Waals surface area (Å²) in [5.41, 5.74) is 7.17. The van der Waals surface area contributed by atoms with E-state index in [0.717, 1.165) is 24.1 Å². The van der Waals surface area contributed by atoms with Crippen molar-refractivity contribution in [2.24, 2.45) is 11.7 Å². The third kappa shape index (κ3) is 2.43. The van der Waals surface area contributed by atoms with Crippen molar-refractivity contribution in [3.8, 4) is 0 Å². The largest absolute Gasteiger partial charge is 0.368 e. The summed E-state index contributed by atoms with van der Waals surface area (Å²) in [6.45, 7) is 4.48. The maximum atomic E-state index is 14.4. The molecular formula is C18H24FN5O2. The molecule has 2 heterocycles. The van der Waals surface area contributed by atoms with Crippen molar-refractivity contribution in [1.29, 1.82) is 0 Å². The van der Waals surface area contributed by atoms with Crippen molar-refractivity contribution in [3.05, 3.63) is 38.5 Å². The molecule has 4 rings (SSSR count). The highest BCUT2D eigenvalue weighted by Crippen LogP contribution is 2.38. The van der Waals surface area contributed by atoms with Crippen LogP contribution in [-0.4, -0.2) is 34.5 Å². The number of nitrogens with zero attached hydrogens (tertiary/aromatic N) is 3. The Morgan fingerprint density at radius 3 is 2.50 bits per heavy atom. The molecule has 1 aromatic carbocycles. The lowest BCUT2D eigenvalue weighted by molar-refractivity contribution is 0.259. The topological polar surface area (TPSA) is 99.3 Å². The highest BCUT2D eigenvalue weighted by atomic mass is 19.1. The maximum absolute atomic E-state index is 14.4. The van der Waals surface area contributed by atoms with Crippen LogP contribution in [0.15, 0.2) is 21.7 Å². The van der Waals surface area contributed by atoms with Crippen LogP contribution in [0.4, 0.5) is 10.1 Å². The van der Waals surface area contributed by atoms with Gasteiger partial charge in [-0.25, -0.2) is 9.18 Å². The summed E-state index contributed by atoms with van der Waals surface area (Å²) >= 11 is 0. The van der Waals surface area contributed by atoms with E-state index in [1.165, 1.54) is 0 Å². The molecule has 0 bridgehead atoms. The van der Waals surface area contributed by atoms with E-state index >= 15 is 0 Å². The zero-order valence-corrected chi connectivity index (χ0v) is 15.0. The average Bonchev–Trinajstić information content (AvgIpc) is 3.35. The second-order valence-electron chi connectivity index (χ2n) is 7.61. The Labute approximate surface area is 150 Å². The number of fused-ring (bicyclic) bond motifs is 1. The van der Waals surface area contributed by atoms with E-state index in [1.54, 1.807) is 10.6 Å². The number of anilines is 1. The normalized spacial score (nSPS) is 24.4. The molecule has 0 unspecified atom stereocenters. The molecule has 1 aromatic heterocycles. The molecular weight excluding hydrogens is 337 g/mol. The predicted octanol–water partition coefficient (Wildman–Crippen LogP) is 0.642. The molecule has 0 spiro atoms. The van der Waals surface area contributed by atoms with Gasteiger partial charge < -0.3 is 16.5 Å². The Kier molecular flexibility index (Phi) is 3.83. The number of nitrogens with two attached hydrogens (primary N) is 2. The van der Waals surface area contributed by atoms with Gasteiger partial charge in [-0.3, -0.25) is 9.36 Å². The fourth-order valence-electron chi connectivity index (χ4n) is 4.10. The lowest BCUT2D eigenvalue weighted by Crippen LogP contribution is -2.44. The van der Waals surface area contributed by atoms with E-state index in [2.05, 4.69) is 0 Å². The molecule has 2 aliphatic rings. The van der Waals surface area contributed by atoms with Gasteiger partial charge in [0.15, 0.2) is 0 Å². The Morgan fingerprint density at radius 2 is 1.92 bits per heavy atom. The lowest BCUT2D eigenvalue weighted by Gasteiger charge is -2.23. The summed E-state index contributed by atoms with van der Waals surface area (Å²) in [7, 11) is 0. The summed E-state index contributed by atoms with van der Waals surface area (Å²) in [4.78, 5) is 27.0. The first-order chi connectivity index (χ1) is 12.3. The molecule has 1 saturated heterocycles. The highest BCUT2D eigenvalue weighted by Gasteiger charge is 2.36. The van der Waals surface area contributed by atoms with Gasteiger partial charge >= 0.3 is 5.69 Å². The van der Waals surface area contributed by atoms with Crippen molar-refractivity contribution in [1.82, 2.24) is 9.24 Å². The lowest BCUT2D eigenvalue weighted by atomic mass is 10.00. The number of rotatable bonds is 3. The van der Waals surface area contributed by atoms with Crippen molar-refractivity contribution in [3.63, 3.8) is 0 Å². The molecule has 26 heavy (non-hydrogen) atoms. The van der Waals surface area contributed by atoms with Gasteiger partial charge in [-0.05, 0) is 44.4 Å². The average molecular weight is 361 g/mol. The number of hydrogen-bond acceptors (Lipinski definition) is 5. The second kappa shape index (κ2) is 5.84. The number of benzene rings is 1. The first-order valence-electron chi connectivity index (χ1n) is 9.01. The van der Waals surface area contributed by atoms with Gasteiger partial charge in [0.2, 0.25) is 0 Å². The van der Waals surface area contributed by atoms with Crippen LogP contribution < -0.4 is 27.7 Å². The Hall–Kier alpha value is -2.35. The Morgan fingerprint density at radius 1 is 1.23 bits per heavy atom. The van der Waals surface area contributed by atoms with Crippen LogP contribution in [0.5, 0.6) is 0 Å². The molecule has 1 aliphatic heterocycles. The van der Waals surface area contributed by atoms with E-state index in [1.807, 2.05) is 24.8 Å². The summed E-state index contributed by atoms with van der Waals surface area (Å²) in [6.07, 6.45) is 0.785. The van der Waals surface area contributed by atoms with Crippen LogP contribution >= 0.6 is 0 Å². The van der Waals surface area contributed by atoms with Crippen LogP contribution in [0.25, 0.3) is 10.9 Å². The van der Waals surface area contributed by atoms with Crippen LogP contribution in [0.2, 0.25) is 0 Å². The van der Waals surface area contributed by atoms with Gasteiger partial charge in [-0.15, -0.1) is 0 Å². The number of aromatic nitrogens is 2. The fraction of sp³-hybridized carbons (Fsp3) is 0.556. The summed E-state index contributed by atoms with van der Waals surface area (Å²) in [5, 5.41) is 0.417. The van der Waals surface area contributed by atoms with Gasteiger partial charge in [-0.1, -0.05) is 0 Å². The van der Waals surface area contributed by atoms with E-state index in [9.17, 15) is 14.0 Å². The van der Waals surface area contributed by atoms with Gasteiger partial charge in [0.25, 0.3) is 5.56 Å². The zero-order chi connectivity index (χ0) is 18.7. The van der Waals surface area contributed by atoms with E-state index in [-0.39, 0.29) is 24.5 Å². The molecule has 3 atom stereocenters. The molecule has 7 nitrogen and oxygen atoms in total. The predicted molar refractivity (Wildman–Crippen MR) is 99.9 cm³/mol. The van der Waals surface area contributed by atoms with Crippen molar-refractivity contribution in [2.45, 2.75) is 44.9 Å². The van der Waals surface area contributed by atoms with E-state index < -0.39 is 17.4 Å². The van der Waals surface area contributed by atoms with E-state index in [0.29, 0.717) is 22.1 Å². The standard InChI is InChI=1S/C18H24FN5O2/c1-9-15(22-7-13(10(2)20)14(19)8-22)6-5-12-16(9)23(11-3-4-11)18(26)24(21)17(12)25/h5-6,10-11,13-14H,3-4,7-8,20-21H2,1-2H3/t10-,13+,14+/m0/s1. The quantitative estimate of drug-likeness (QED) is 0.782. The Balaban J connectivity index is 1.91. The van der Waals surface area contributed by atoms with Gasteiger partial charge in [-0.2, -0.15) is 4.68 Å². The third-order valence-electron chi connectivity index (χ3n) is 5.72. The minimum absolute atomic E-state index is 0.0682. The highest BCUT2D eigenvalue weighted by molar-refractivity contribution is 5.87. The van der Waals surface area contributed by atoms with Crippen LogP contribution in [0.3, 0.4) is 0 Å². The number of nitrogen functional groups attached to an aromatic ring is 1. The van der Waals surface area contributed by atoms with Crippen molar-refractivity contribution < 1.29 is 4.39 Å². The van der Waals surface area contributed by atoms with Gasteiger partial charge in [0.05, 0.1) is 10.9 Å². The first-order valence-corrected chi connectivity index (χ1v) is 9.01. The SMILES string of the molecule is Cc1c(N2C[C@H]([C@H](C)N)[C@H](F)C2)ccc2c(=O)n(N)c(=O)n(C3CC3)c12. The van der Waals surface area contributed by atoms with Crippen LogP contribution in [0.1, 0.15) is 31.4 Å². The molecule has 1 saturated carbocycles. The third-order valence-corrected chi connectivity index (χ3v) is 5.72. The van der Waals surface area contributed by atoms with E-state index in [4.69, 9.17) is 11.6 Å². The number of aryl methyl sites for hydroxylation is 1. The molecule has 0 radical (unpaired) electrons. The second-order valence-corrected chi connectivity index (χ2v) is 7.61. The van der Waals surface area contributed by atoms with Gasteiger partial charge in [0.1, 0.15) is 6.17 Å². The van der Waals surface area contributed by atoms with Crippen molar-refractivity contribution >= 4 is 16.6 Å². The van der Waals surface area contributed by atoms with Crippen LogP contribution in [0, 0.1) is 12.8 Å². The van der Waals surface area contributed by atoms with Crippen molar-refractivity contribution in [2.75, 3.05) is 23.8 Å². The van der Waals surface area contributed by atoms with Crippen LogP contribution in [-0.2, 0) is 0 Å². The molecule has 2 aromatic rings. The first kappa shape index (κ1) is 17.1. The minimum Gasteiger partial charge on any atom is -0.368 e. The summed E-state index contributed by atoms with van der Waals surface area (Å²) in [5.74, 6) is 5.46. The smallest absolute Gasteiger partial charge is 0.350 e. The monoisotopic (exact) mass is 361 g/mol. The number of hydrogen-bond donors (Lipinski definition) is 2. The maximum Gasteiger partial charge on any atom is 0.350 e. The summed E-state index contributed by atoms with van der Waals surface area (Å²) < 4.78 is 16.7. The molecule has 1 aliphatic carbocycles. The fourth-order valence-corrected chi connectivity index (χ4v) is 4.10.